The zero-order chi connectivity index (χ0) is 24.4. The summed E-state index contributed by atoms with van der Waals surface area (Å²) >= 11 is 6.17. The largest absolute Gasteiger partial charge is 0.330 e. The topological polar surface area (TPSA) is 48.5 Å². The molecule has 3 aromatic heterocycles. The fourth-order valence-electron chi connectivity index (χ4n) is 3.58. The van der Waals surface area contributed by atoms with E-state index in [4.69, 9.17) is 16.6 Å². The summed E-state index contributed by atoms with van der Waals surface area (Å²) in [7, 11) is 2.00. The van der Waals surface area contributed by atoms with Gasteiger partial charge in [0.15, 0.2) is 0 Å². The number of hydrogen-bond donors (Lipinski definition) is 0. The number of unbranched alkanes of at least 4 members (excludes halogenated alkanes) is 3. The first-order valence-corrected chi connectivity index (χ1v) is 12.1. The third-order valence-electron chi connectivity index (χ3n) is 5.24. The van der Waals surface area contributed by atoms with Gasteiger partial charge in [0.1, 0.15) is 17.2 Å². The number of aryl methyl sites for hydroxylation is 1. The second-order valence-corrected chi connectivity index (χ2v) is 7.95. The van der Waals surface area contributed by atoms with Crippen LogP contribution in [-0.4, -0.2) is 24.1 Å². The second-order valence-electron chi connectivity index (χ2n) is 7.51. The molecule has 176 valence electrons. The Labute approximate surface area is 202 Å². The number of nitrogens with zero attached hydrogens (tertiary/aromatic N) is 5. The van der Waals surface area contributed by atoms with Gasteiger partial charge in [-0.15, -0.1) is 0 Å². The summed E-state index contributed by atoms with van der Waals surface area (Å²) in [5.41, 5.74) is 3.67. The molecule has 33 heavy (non-hydrogen) atoms. The monoisotopic (exact) mass is 465 g/mol. The fraction of sp³-hybridized carbons (Fsp3) is 0.370. The number of hydrogen-bond acceptors (Lipinski definition) is 3. The summed E-state index contributed by atoms with van der Waals surface area (Å²) in [5.74, 6) is 1.68. The zero-order valence-corrected chi connectivity index (χ0v) is 21.4. The van der Waals surface area contributed by atoms with Crippen LogP contribution < -0.4 is 0 Å². The molecular weight excluding hydrogens is 430 g/mol. The number of benzene rings is 1. The fourth-order valence-corrected chi connectivity index (χ4v) is 3.75. The Morgan fingerprint density at radius 2 is 1.73 bits per heavy atom. The number of pyridine rings is 1. The van der Waals surface area contributed by atoms with Crippen molar-refractivity contribution in [2.75, 3.05) is 0 Å². The Morgan fingerprint density at radius 3 is 2.30 bits per heavy atom. The van der Waals surface area contributed by atoms with Crippen LogP contribution >= 0.6 is 11.6 Å². The van der Waals surface area contributed by atoms with Crippen LogP contribution in [0, 0.1) is 0 Å². The minimum Gasteiger partial charge on any atom is -0.330 e. The van der Waals surface area contributed by atoms with E-state index >= 15 is 0 Å². The van der Waals surface area contributed by atoms with Crippen LogP contribution in [0.2, 0.25) is 5.02 Å². The maximum atomic E-state index is 6.17. The Bertz CT molecular complexity index is 1170. The molecule has 0 amide bonds. The molecule has 0 spiro atoms. The summed E-state index contributed by atoms with van der Waals surface area (Å²) in [6, 6.07) is 5.70. The molecule has 0 aliphatic heterocycles. The molecule has 0 saturated heterocycles. The van der Waals surface area contributed by atoms with Gasteiger partial charge in [0.05, 0.1) is 22.9 Å². The Hall–Kier alpha value is -2.92. The van der Waals surface area contributed by atoms with Gasteiger partial charge in [0.25, 0.3) is 0 Å². The Morgan fingerprint density at radius 1 is 1.03 bits per heavy atom. The predicted molar refractivity (Wildman–Crippen MR) is 144 cm³/mol. The molecule has 0 atom stereocenters. The molecule has 0 N–H and O–H groups in total. The highest BCUT2D eigenvalue weighted by molar-refractivity contribution is 6.31. The molecule has 0 radical (unpaired) electrons. The van der Waals surface area contributed by atoms with Crippen molar-refractivity contribution in [1.82, 2.24) is 24.1 Å². The predicted octanol–water partition coefficient (Wildman–Crippen LogP) is 7.92. The average molecular weight is 466 g/mol. The van der Waals surface area contributed by atoms with Crippen LogP contribution in [0.1, 0.15) is 70.7 Å². The normalized spacial score (nSPS) is 10.4. The minimum atomic E-state index is 0.606. The van der Waals surface area contributed by atoms with Crippen molar-refractivity contribution in [2.24, 2.45) is 7.05 Å². The van der Waals surface area contributed by atoms with Gasteiger partial charge in [0.2, 0.25) is 0 Å². The standard InChI is InChI=1S/C19H16ClN5.C6H14.C2H6/c1-4-17-22-13(11-25(17)5-2)9-18-23-16-10-21-15-7-6-12(20)8-14(15)19(16)24(18)3;1-3-5-6-4-2;1-2/h4-8,10-11H,1-2,9H2,3H3;3-6H2,1-2H3;1-2H3. The van der Waals surface area contributed by atoms with Crippen molar-refractivity contribution in [3.8, 4) is 0 Å². The lowest BCUT2D eigenvalue weighted by Crippen LogP contribution is -1.99. The third-order valence-corrected chi connectivity index (χ3v) is 5.48. The van der Waals surface area contributed by atoms with Crippen LogP contribution in [0.15, 0.2) is 43.8 Å². The van der Waals surface area contributed by atoms with Gasteiger partial charge in [-0.1, -0.05) is 78.1 Å². The van der Waals surface area contributed by atoms with Gasteiger partial charge in [-0.05, 0) is 24.3 Å². The summed E-state index contributed by atoms with van der Waals surface area (Å²) in [5, 5.41) is 1.68. The SMILES string of the molecule is C=Cc1nc(Cc2nc3cnc4ccc(Cl)cc4c3n2C)cn1C=C.CC.CCCCCC. The van der Waals surface area contributed by atoms with Crippen molar-refractivity contribution in [3.63, 3.8) is 0 Å². The van der Waals surface area contributed by atoms with E-state index in [1.54, 1.807) is 18.5 Å². The minimum absolute atomic E-state index is 0.606. The van der Waals surface area contributed by atoms with Crippen LogP contribution in [0.25, 0.3) is 34.2 Å². The van der Waals surface area contributed by atoms with E-state index < -0.39 is 0 Å². The summed E-state index contributed by atoms with van der Waals surface area (Å²) in [6.45, 7) is 16.0. The molecule has 0 aliphatic rings. The van der Waals surface area contributed by atoms with Crippen LogP contribution in [0.4, 0.5) is 0 Å². The lowest BCUT2D eigenvalue weighted by molar-refractivity contribution is 0.702. The van der Waals surface area contributed by atoms with Gasteiger partial charge in [0, 0.05) is 36.3 Å². The maximum Gasteiger partial charge on any atom is 0.136 e. The van der Waals surface area contributed by atoms with Gasteiger partial charge in [-0.25, -0.2) is 9.97 Å². The van der Waals surface area contributed by atoms with E-state index in [9.17, 15) is 0 Å². The molecule has 0 bridgehead atoms. The number of aromatic nitrogens is 5. The third kappa shape index (κ3) is 6.32. The molecule has 0 fully saturated rings. The first-order chi connectivity index (χ1) is 16.0. The lowest BCUT2D eigenvalue weighted by Gasteiger charge is -2.03. The Kier molecular flexibility index (Phi) is 10.3. The van der Waals surface area contributed by atoms with E-state index in [1.165, 1.54) is 25.7 Å². The molecule has 5 nitrogen and oxygen atoms in total. The quantitative estimate of drug-likeness (QED) is 0.260. The van der Waals surface area contributed by atoms with Crippen molar-refractivity contribution in [3.05, 3.63) is 66.1 Å². The highest BCUT2D eigenvalue weighted by Gasteiger charge is 2.14. The van der Waals surface area contributed by atoms with Gasteiger partial charge < -0.3 is 9.13 Å². The molecule has 4 rings (SSSR count). The lowest BCUT2D eigenvalue weighted by atomic mass is 10.2. The van der Waals surface area contributed by atoms with Crippen LogP contribution in [-0.2, 0) is 13.5 Å². The maximum absolute atomic E-state index is 6.17. The first kappa shape index (κ1) is 26.3. The second kappa shape index (κ2) is 12.9. The molecule has 1 aromatic carbocycles. The van der Waals surface area contributed by atoms with Gasteiger partial charge in [-0.2, -0.15) is 0 Å². The van der Waals surface area contributed by atoms with Gasteiger partial charge >= 0.3 is 0 Å². The van der Waals surface area contributed by atoms with Crippen molar-refractivity contribution in [1.29, 1.82) is 0 Å². The molecule has 3 heterocycles. The summed E-state index contributed by atoms with van der Waals surface area (Å²) in [6.07, 6.45) is 13.3. The first-order valence-electron chi connectivity index (χ1n) is 11.7. The van der Waals surface area contributed by atoms with E-state index in [-0.39, 0.29) is 0 Å². The van der Waals surface area contributed by atoms with Crippen molar-refractivity contribution in [2.45, 2.75) is 59.8 Å². The smallest absolute Gasteiger partial charge is 0.136 e. The zero-order valence-electron chi connectivity index (χ0n) is 20.6. The summed E-state index contributed by atoms with van der Waals surface area (Å²) < 4.78 is 3.93. The molecule has 4 aromatic rings. The Balaban J connectivity index is 0.000000421. The number of imidazole rings is 2. The molecular formula is C27H36ClN5. The molecule has 6 heteroatoms. The number of fused-ring (bicyclic) bond motifs is 3. The van der Waals surface area contributed by atoms with E-state index in [2.05, 4.69) is 41.5 Å². The molecule has 0 aliphatic carbocycles. The number of rotatable bonds is 7. The van der Waals surface area contributed by atoms with Crippen molar-refractivity contribution >= 4 is 45.8 Å². The summed E-state index contributed by atoms with van der Waals surface area (Å²) in [4.78, 5) is 13.8. The van der Waals surface area contributed by atoms with E-state index in [0.717, 1.165) is 39.3 Å². The van der Waals surface area contributed by atoms with E-state index in [1.807, 2.05) is 49.9 Å². The van der Waals surface area contributed by atoms with Crippen molar-refractivity contribution < 1.29 is 0 Å². The molecule has 0 saturated carbocycles. The van der Waals surface area contributed by atoms with Crippen LogP contribution in [0.5, 0.6) is 0 Å². The van der Waals surface area contributed by atoms with Crippen LogP contribution in [0.3, 0.4) is 0 Å². The average Bonchev–Trinajstić information content (AvgIpc) is 3.39. The highest BCUT2D eigenvalue weighted by Crippen LogP contribution is 2.27. The van der Waals surface area contributed by atoms with E-state index in [0.29, 0.717) is 11.4 Å². The number of halogens is 1. The van der Waals surface area contributed by atoms with Gasteiger partial charge in [-0.3, -0.25) is 4.98 Å². The highest BCUT2D eigenvalue weighted by atomic mass is 35.5. The molecule has 0 unspecified atom stereocenters.